The molecule has 0 aliphatic rings. The van der Waals surface area contributed by atoms with Crippen molar-refractivity contribution in [2.24, 2.45) is 0 Å². The van der Waals surface area contributed by atoms with Gasteiger partial charge in [0.1, 0.15) is 6.61 Å². The van der Waals surface area contributed by atoms with Crippen LogP contribution in [0.1, 0.15) is 33.1 Å². The molecule has 1 unspecified atom stereocenters. The first-order valence-electron chi connectivity index (χ1n) is 5.87. The quantitative estimate of drug-likeness (QED) is 0.637. The monoisotopic (exact) mass is 253 g/mol. The highest BCUT2D eigenvalue weighted by Crippen LogP contribution is 2.15. The maximum Gasteiger partial charge on any atom is 0.411 e. The standard InChI is InChI=1S/C12H22F3NO/c1-4-7-16-11(6-5-10(2)3)8-17-9-12(13,14)15/h11,16H,2,4-9H2,1,3H3. The molecule has 0 rings (SSSR count). The molecule has 2 nitrogen and oxygen atoms in total. The smallest absolute Gasteiger partial charge is 0.370 e. The summed E-state index contributed by atoms with van der Waals surface area (Å²) in [5.74, 6) is 0. The minimum atomic E-state index is -4.25. The number of nitrogens with one attached hydrogen (secondary N) is 1. The average Bonchev–Trinajstić information content (AvgIpc) is 2.19. The van der Waals surface area contributed by atoms with Gasteiger partial charge >= 0.3 is 6.18 Å². The van der Waals surface area contributed by atoms with Crippen LogP contribution in [-0.2, 0) is 4.74 Å². The largest absolute Gasteiger partial charge is 0.411 e. The fourth-order valence-electron chi connectivity index (χ4n) is 1.33. The summed E-state index contributed by atoms with van der Waals surface area (Å²) >= 11 is 0. The van der Waals surface area contributed by atoms with Crippen molar-refractivity contribution in [3.05, 3.63) is 12.2 Å². The SMILES string of the molecule is C=C(C)CCC(COCC(F)(F)F)NCCC. The zero-order valence-electron chi connectivity index (χ0n) is 10.6. The third kappa shape index (κ3) is 11.7. The van der Waals surface area contributed by atoms with E-state index in [0.29, 0.717) is 0 Å². The molecule has 5 heteroatoms. The van der Waals surface area contributed by atoms with Gasteiger partial charge in [0.2, 0.25) is 0 Å². The van der Waals surface area contributed by atoms with Gasteiger partial charge in [-0.3, -0.25) is 0 Å². The number of rotatable bonds is 9. The van der Waals surface area contributed by atoms with Crippen LogP contribution in [0.25, 0.3) is 0 Å². The molecule has 0 aromatic heterocycles. The summed E-state index contributed by atoms with van der Waals surface area (Å²) in [5, 5.41) is 3.18. The predicted molar refractivity (Wildman–Crippen MR) is 63.0 cm³/mol. The Morgan fingerprint density at radius 1 is 1.41 bits per heavy atom. The normalized spacial score (nSPS) is 13.7. The van der Waals surface area contributed by atoms with E-state index in [0.717, 1.165) is 31.4 Å². The summed E-state index contributed by atoms with van der Waals surface area (Å²) in [6.07, 6.45) is -1.74. The molecule has 17 heavy (non-hydrogen) atoms. The van der Waals surface area contributed by atoms with E-state index in [-0.39, 0.29) is 12.6 Å². The van der Waals surface area contributed by atoms with Gasteiger partial charge in [0.25, 0.3) is 0 Å². The lowest BCUT2D eigenvalue weighted by Crippen LogP contribution is -2.35. The molecular weight excluding hydrogens is 231 g/mol. The zero-order chi connectivity index (χ0) is 13.3. The van der Waals surface area contributed by atoms with Crippen molar-refractivity contribution in [3.63, 3.8) is 0 Å². The van der Waals surface area contributed by atoms with Crippen molar-refractivity contribution in [3.8, 4) is 0 Å². The van der Waals surface area contributed by atoms with Gasteiger partial charge in [-0.05, 0) is 32.7 Å². The molecule has 1 N–H and O–H groups in total. The summed E-state index contributed by atoms with van der Waals surface area (Å²) in [5.41, 5.74) is 1.03. The van der Waals surface area contributed by atoms with E-state index in [1.807, 2.05) is 13.8 Å². The van der Waals surface area contributed by atoms with E-state index in [1.165, 1.54) is 0 Å². The molecule has 1 atom stereocenters. The van der Waals surface area contributed by atoms with Crippen LogP contribution in [0.3, 0.4) is 0 Å². The van der Waals surface area contributed by atoms with Crippen LogP contribution in [-0.4, -0.2) is 32.0 Å². The van der Waals surface area contributed by atoms with Gasteiger partial charge in [0.15, 0.2) is 0 Å². The highest BCUT2D eigenvalue weighted by molar-refractivity contribution is 4.89. The van der Waals surface area contributed by atoms with Gasteiger partial charge in [-0.25, -0.2) is 0 Å². The Kier molecular flexibility index (Phi) is 8.25. The van der Waals surface area contributed by atoms with Crippen LogP contribution >= 0.6 is 0 Å². The Balaban J connectivity index is 3.88. The Morgan fingerprint density at radius 2 is 2.06 bits per heavy atom. The fourth-order valence-corrected chi connectivity index (χ4v) is 1.33. The van der Waals surface area contributed by atoms with Crippen molar-refractivity contribution >= 4 is 0 Å². The number of allylic oxidation sites excluding steroid dienone is 1. The average molecular weight is 253 g/mol. The molecule has 0 aliphatic carbocycles. The first-order chi connectivity index (χ1) is 7.85. The van der Waals surface area contributed by atoms with Crippen molar-refractivity contribution in [2.75, 3.05) is 19.8 Å². The molecule has 0 amide bonds. The minimum Gasteiger partial charge on any atom is -0.370 e. The maximum atomic E-state index is 11.9. The number of ether oxygens (including phenoxy) is 1. The number of hydrogen-bond donors (Lipinski definition) is 1. The molecule has 102 valence electrons. The van der Waals surface area contributed by atoms with Crippen LogP contribution in [0.5, 0.6) is 0 Å². The van der Waals surface area contributed by atoms with Crippen LogP contribution in [0, 0.1) is 0 Å². The molecule has 0 saturated carbocycles. The number of alkyl halides is 3. The van der Waals surface area contributed by atoms with E-state index >= 15 is 0 Å². The topological polar surface area (TPSA) is 21.3 Å². The van der Waals surface area contributed by atoms with E-state index < -0.39 is 12.8 Å². The molecule has 0 saturated heterocycles. The Morgan fingerprint density at radius 3 is 2.53 bits per heavy atom. The lowest BCUT2D eigenvalue weighted by Gasteiger charge is -2.19. The third-order valence-corrected chi connectivity index (χ3v) is 2.19. The van der Waals surface area contributed by atoms with Crippen molar-refractivity contribution in [1.82, 2.24) is 5.32 Å². The number of halogens is 3. The number of hydrogen-bond acceptors (Lipinski definition) is 2. The fraction of sp³-hybridized carbons (Fsp3) is 0.833. The summed E-state index contributed by atoms with van der Waals surface area (Å²) in [6, 6.07) is -0.0333. The lowest BCUT2D eigenvalue weighted by molar-refractivity contribution is -0.175. The van der Waals surface area contributed by atoms with Gasteiger partial charge in [-0.15, -0.1) is 6.58 Å². The van der Waals surface area contributed by atoms with Gasteiger partial charge in [-0.2, -0.15) is 13.2 Å². The van der Waals surface area contributed by atoms with Crippen LogP contribution < -0.4 is 5.32 Å². The summed E-state index contributed by atoms with van der Waals surface area (Å²) < 4.78 is 40.4. The molecule has 0 aliphatic heterocycles. The Hall–Kier alpha value is -0.550. The Labute approximate surface area is 101 Å². The van der Waals surface area contributed by atoms with Gasteiger partial charge in [0.05, 0.1) is 6.61 Å². The van der Waals surface area contributed by atoms with Crippen LogP contribution in [0.4, 0.5) is 13.2 Å². The first kappa shape index (κ1) is 16.4. The highest BCUT2D eigenvalue weighted by Gasteiger charge is 2.27. The van der Waals surface area contributed by atoms with Crippen LogP contribution in [0.2, 0.25) is 0 Å². The molecule has 0 radical (unpaired) electrons. The van der Waals surface area contributed by atoms with Gasteiger partial charge in [-0.1, -0.05) is 12.5 Å². The molecule has 0 aromatic carbocycles. The van der Waals surface area contributed by atoms with E-state index in [1.54, 1.807) is 0 Å². The first-order valence-corrected chi connectivity index (χ1v) is 5.87. The van der Waals surface area contributed by atoms with Gasteiger partial charge < -0.3 is 10.1 Å². The molecule has 0 fully saturated rings. The molecule has 0 heterocycles. The zero-order valence-corrected chi connectivity index (χ0v) is 10.6. The van der Waals surface area contributed by atoms with E-state index in [4.69, 9.17) is 0 Å². The van der Waals surface area contributed by atoms with Gasteiger partial charge in [0, 0.05) is 6.04 Å². The summed E-state index contributed by atoms with van der Waals surface area (Å²) in [7, 11) is 0. The molecule has 0 aromatic rings. The second-order valence-electron chi connectivity index (χ2n) is 4.28. The summed E-state index contributed by atoms with van der Waals surface area (Å²) in [4.78, 5) is 0. The second kappa shape index (κ2) is 8.53. The molecule has 0 bridgehead atoms. The highest BCUT2D eigenvalue weighted by atomic mass is 19.4. The van der Waals surface area contributed by atoms with E-state index in [2.05, 4.69) is 16.6 Å². The van der Waals surface area contributed by atoms with Crippen molar-refractivity contribution in [2.45, 2.75) is 45.3 Å². The summed E-state index contributed by atoms with van der Waals surface area (Å²) in [6.45, 7) is 7.40. The second-order valence-corrected chi connectivity index (χ2v) is 4.28. The maximum absolute atomic E-state index is 11.9. The minimum absolute atomic E-state index is 0.0333. The third-order valence-electron chi connectivity index (χ3n) is 2.19. The lowest BCUT2D eigenvalue weighted by atomic mass is 10.1. The van der Waals surface area contributed by atoms with Crippen LogP contribution in [0.15, 0.2) is 12.2 Å². The Bertz CT molecular complexity index is 216. The van der Waals surface area contributed by atoms with Crippen molar-refractivity contribution in [1.29, 1.82) is 0 Å². The molecule has 0 spiro atoms. The predicted octanol–water partition coefficient (Wildman–Crippen LogP) is 3.29. The molecular formula is C12H22F3NO. The van der Waals surface area contributed by atoms with Crippen molar-refractivity contribution < 1.29 is 17.9 Å². The van der Waals surface area contributed by atoms with E-state index in [9.17, 15) is 13.2 Å².